The quantitative estimate of drug-likeness (QED) is 0.889. The Kier molecular flexibility index (Phi) is 5.66. The number of rotatable bonds is 6. The Labute approximate surface area is 132 Å². The lowest BCUT2D eigenvalue weighted by Crippen LogP contribution is -2.34. The van der Waals surface area contributed by atoms with E-state index in [1.54, 1.807) is 29.2 Å². The van der Waals surface area contributed by atoms with Gasteiger partial charge >= 0.3 is 0 Å². The molecule has 2 amide bonds. The van der Waals surface area contributed by atoms with Gasteiger partial charge in [0.15, 0.2) is 0 Å². The minimum absolute atomic E-state index is 0.111. The van der Waals surface area contributed by atoms with Gasteiger partial charge < -0.3 is 10.2 Å². The highest BCUT2D eigenvalue weighted by atomic mass is 32.1. The Bertz CT molecular complexity index is 626. The molecule has 4 nitrogen and oxygen atoms in total. The molecule has 0 aliphatic rings. The number of nitrogens with zero attached hydrogens (tertiary/aromatic N) is 1. The molecule has 0 aliphatic heterocycles. The van der Waals surface area contributed by atoms with Gasteiger partial charge in [0, 0.05) is 25.2 Å². The van der Waals surface area contributed by atoms with E-state index in [4.69, 9.17) is 0 Å². The Morgan fingerprint density at radius 3 is 2.55 bits per heavy atom. The van der Waals surface area contributed by atoms with E-state index in [0.29, 0.717) is 17.1 Å². The van der Waals surface area contributed by atoms with Crippen LogP contribution in [0, 0.1) is 5.82 Å². The average molecular weight is 320 g/mol. The van der Waals surface area contributed by atoms with Crippen LogP contribution in [0.5, 0.6) is 0 Å². The smallest absolute Gasteiger partial charge is 0.261 e. The largest absolute Gasteiger partial charge is 0.351 e. The summed E-state index contributed by atoms with van der Waals surface area (Å²) in [6, 6.07) is 9.33. The van der Waals surface area contributed by atoms with Gasteiger partial charge in [-0.2, -0.15) is 0 Å². The van der Waals surface area contributed by atoms with Gasteiger partial charge in [-0.3, -0.25) is 9.59 Å². The molecule has 116 valence electrons. The first kappa shape index (κ1) is 16.2. The van der Waals surface area contributed by atoms with E-state index in [9.17, 15) is 14.0 Å². The van der Waals surface area contributed by atoms with E-state index in [1.165, 1.54) is 23.5 Å². The zero-order valence-corrected chi connectivity index (χ0v) is 13.0. The first-order valence-corrected chi connectivity index (χ1v) is 7.87. The van der Waals surface area contributed by atoms with Crippen molar-refractivity contribution in [3.8, 4) is 0 Å². The molecule has 0 atom stereocenters. The number of thiophene rings is 1. The number of benzene rings is 1. The van der Waals surface area contributed by atoms with Crippen molar-refractivity contribution in [2.75, 3.05) is 18.0 Å². The molecule has 0 spiro atoms. The summed E-state index contributed by atoms with van der Waals surface area (Å²) in [5.74, 6) is -0.622. The Morgan fingerprint density at radius 1 is 1.23 bits per heavy atom. The second kappa shape index (κ2) is 7.70. The summed E-state index contributed by atoms with van der Waals surface area (Å²) in [6.07, 6.45) is 0.197. The average Bonchev–Trinajstić information content (AvgIpc) is 3.04. The first-order chi connectivity index (χ1) is 10.6. The van der Waals surface area contributed by atoms with Crippen LogP contribution in [0.25, 0.3) is 0 Å². The predicted molar refractivity (Wildman–Crippen MR) is 85.7 cm³/mol. The fraction of sp³-hybridized carbons (Fsp3) is 0.250. The van der Waals surface area contributed by atoms with Crippen LogP contribution in [0.4, 0.5) is 10.1 Å². The molecule has 1 aromatic heterocycles. The third kappa shape index (κ3) is 4.14. The van der Waals surface area contributed by atoms with Crippen molar-refractivity contribution >= 4 is 28.8 Å². The van der Waals surface area contributed by atoms with Crippen molar-refractivity contribution in [1.82, 2.24) is 5.32 Å². The number of anilines is 1. The highest BCUT2D eigenvalue weighted by molar-refractivity contribution is 7.12. The molecule has 0 unspecified atom stereocenters. The molecule has 2 rings (SSSR count). The number of nitrogens with one attached hydrogen (secondary N) is 1. The monoisotopic (exact) mass is 320 g/mol. The first-order valence-electron chi connectivity index (χ1n) is 6.99. The number of carbonyl (C=O) groups is 2. The molecule has 0 fully saturated rings. The molecule has 1 aromatic carbocycles. The summed E-state index contributed by atoms with van der Waals surface area (Å²) in [4.78, 5) is 26.2. The minimum Gasteiger partial charge on any atom is -0.351 e. The SMILES string of the molecule is CCN(C(=O)CCNC(=O)c1cccs1)c1ccc(F)cc1. The normalized spacial score (nSPS) is 10.3. The molecule has 0 saturated heterocycles. The van der Waals surface area contributed by atoms with Crippen LogP contribution >= 0.6 is 11.3 Å². The maximum atomic E-state index is 12.9. The highest BCUT2D eigenvalue weighted by Crippen LogP contribution is 2.15. The second-order valence-corrected chi connectivity index (χ2v) is 5.55. The lowest BCUT2D eigenvalue weighted by atomic mass is 10.2. The highest BCUT2D eigenvalue weighted by Gasteiger charge is 2.14. The van der Waals surface area contributed by atoms with Crippen molar-refractivity contribution in [2.24, 2.45) is 0 Å². The molecule has 1 heterocycles. The van der Waals surface area contributed by atoms with E-state index in [0.717, 1.165) is 0 Å². The summed E-state index contributed by atoms with van der Waals surface area (Å²) < 4.78 is 12.9. The maximum absolute atomic E-state index is 12.9. The van der Waals surface area contributed by atoms with Crippen LogP contribution in [0.1, 0.15) is 23.0 Å². The third-order valence-corrected chi connectivity index (χ3v) is 3.99. The fourth-order valence-corrected chi connectivity index (χ4v) is 2.68. The van der Waals surface area contributed by atoms with E-state index in [-0.39, 0.29) is 30.6 Å². The number of halogens is 1. The number of carbonyl (C=O) groups excluding carboxylic acids is 2. The molecular weight excluding hydrogens is 303 g/mol. The third-order valence-electron chi connectivity index (χ3n) is 3.12. The van der Waals surface area contributed by atoms with Crippen LogP contribution in [-0.2, 0) is 4.79 Å². The van der Waals surface area contributed by atoms with Gasteiger partial charge in [-0.25, -0.2) is 4.39 Å². The number of hydrogen-bond acceptors (Lipinski definition) is 3. The molecule has 0 saturated carbocycles. The molecule has 0 radical (unpaired) electrons. The van der Waals surface area contributed by atoms with Crippen molar-refractivity contribution in [3.05, 3.63) is 52.5 Å². The van der Waals surface area contributed by atoms with Gasteiger partial charge in [0.05, 0.1) is 4.88 Å². The standard InChI is InChI=1S/C16H17FN2O2S/c1-2-19(13-7-5-12(17)6-8-13)15(20)9-10-18-16(21)14-4-3-11-22-14/h3-8,11H,2,9-10H2,1H3,(H,18,21). The Hall–Kier alpha value is -2.21. The van der Waals surface area contributed by atoms with E-state index >= 15 is 0 Å². The van der Waals surface area contributed by atoms with Crippen molar-refractivity contribution in [1.29, 1.82) is 0 Å². The summed E-state index contributed by atoms with van der Waals surface area (Å²) >= 11 is 1.36. The molecule has 2 aromatic rings. The number of hydrogen-bond donors (Lipinski definition) is 1. The van der Waals surface area contributed by atoms with Crippen molar-refractivity contribution in [3.63, 3.8) is 0 Å². The zero-order chi connectivity index (χ0) is 15.9. The molecule has 22 heavy (non-hydrogen) atoms. The van der Waals surface area contributed by atoms with Crippen molar-refractivity contribution in [2.45, 2.75) is 13.3 Å². The fourth-order valence-electron chi connectivity index (χ4n) is 2.04. The summed E-state index contributed by atoms with van der Waals surface area (Å²) in [7, 11) is 0. The van der Waals surface area contributed by atoms with Crippen LogP contribution in [0.3, 0.4) is 0 Å². The lowest BCUT2D eigenvalue weighted by molar-refractivity contribution is -0.118. The topological polar surface area (TPSA) is 49.4 Å². The van der Waals surface area contributed by atoms with Crippen LogP contribution < -0.4 is 10.2 Å². The summed E-state index contributed by atoms with van der Waals surface area (Å²) in [5, 5.41) is 4.55. The van der Waals surface area contributed by atoms with Crippen LogP contribution in [-0.4, -0.2) is 24.9 Å². The van der Waals surface area contributed by atoms with Gasteiger partial charge in [0.25, 0.3) is 5.91 Å². The van der Waals surface area contributed by atoms with Gasteiger partial charge in [0.1, 0.15) is 5.82 Å². The van der Waals surface area contributed by atoms with Crippen molar-refractivity contribution < 1.29 is 14.0 Å². The van der Waals surface area contributed by atoms with Gasteiger partial charge in [-0.05, 0) is 42.6 Å². The summed E-state index contributed by atoms with van der Waals surface area (Å²) in [5.41, 5.74) is 0.651. The van der Waals surface area contributed by atoms with E-state index < -0.39 is 0 Å². The second-order valence-electron chi connectivity index (χ2n) is 4.60. The van der Waals surface area contributed by atoms with E-state index in [2.05, 4.69) is 5.32 Å². The molecule has 0 bridgehead atoms. The predicted octanol–water partition coefficient (Wildman–Crippen LogP) is 3.06. The molecule has 1 N–H and O–H groups in total. The van der Waals surface area contributed by atoms with E-state index in [1.807, 2.05) is 12.3 Å². The van der Waals surface area contributed by atoms with Crippen LogP contribution in [0.2, 0.25) is 0 Å². The lowest BCUT2D eigenvalue weighted by Gasteiger charge is -2.21. The minimum atomic E-state index is -0.338. The van der Waals surface area contributed by atoms with Gasteiger partial charge in [0.2, 0.25) is 5.91 Å². The number of amides is 2. The van der Waals surface area contributed by atoms with Gasteiger partial charge in [-0.15, -0.1) is 11.3 Å². The van der Waals surface area contributed by atoms with Crippen LogP contribution in [0.15, 0.2) is 41.8 Å². The Balaban J connectivity index is 1.87. The summed E-state index contributed by atoms with van der Waals surface area (Å²) in [6.45, 7) is 2.61. The van der Waals surface area contributed by atoms with Gasteiger partial charge in [-0.1, -0.05) is 6.07 Å². The Morgan fingerprint density at radius 2 is 1.95 bits per heavy atom. The molecular formula is C16H17FN2O2S. The molecule has 0 aliphatic carbocycles. The zero-order valence-electron chi connectivity index (χ0n) is 12.2. The maximum Gasteiger partial charge on any atom is 0.261 e. The molecule has 6 heteroatoms.